The van der Waals surface area contributed by atoms with Crippen LogP contribution in [0.5, 0.6) is 0 Å². The van der Waals surface area contributed by atoms with Crippen LogP contribution >= 0.6 is 0 Å². The molecule has 0 N–H and O–H groups in total. The van der Waals surface area contributed by atoms with Gasteiger partial charge >= 0.3 is 12.3 Å². The summed E-state index contributed by atoms with van der Waals surface area (Å²) in [6.45, 7) is 0.764. The SMILES string of the molecule is O=C(OCC1c2ccccc2-c2ccccc21)N1C2C=C(Cc3cc(F)cc(C(F)(F)F)c3)CC1COC2. The molecule has 4 nitrogen and oxygen atoms in total. The predicted molar refractivity (Wildman–Crippen MR) is 133 cm³/mol. The van der Waals surface area contributed by atoms with Gasteiger partial charge in [0.2, 0.25) is 0 Å². The van der Waals surface area contributed by atoms with Crippen molar-refractivity contribution in [2.45, 2.75) is 37.0 Å². The zero-order chi connectivity index (χ0) is 26.4. The average molecular weight is 524 g/mol. The summed E-state index contributed by atoms with van der Waals surface area (Å²) in [5.41, 5.74) is 4.63. The summed E-state index contributed by atoms with van der Waals surface area (Å²) in [7, 11) is 0. The highest BCUT2D eigenvalue weighted by Gasteiger charge is 2.40. The topological polar surface area (TPSA) is 38.8 Å². The summed E-state index contributed by atoms with van der Waals surface area (Å²) in [6.07, 6.45) is -2.63. The lowest BCUT2D eigenvalue weighted by atomic mass is 9.90. The van der Waals surface area contributed by atoms with Crippen LogP contribution in [0.3, 0.4) is 0 Å². The van der Waals surface area contributed by atoms with Crippen molar-refractivity contribution in [2.24, 2.45) is 0 Å². The van der Waals surface area contributed by atoms with Crippen LogP contribution in [0.1, 0.15) is 34.6 Å². The van der Waals surface area contributed by atoms with E-state index in [0.29, 0.717) is 19.1 Å². The zero-order valence-corrected chi connectivity index (χ0v) is 20.4. The fraction of sp³-hybridized carbons (Fsp3) is 0.300. The monoisotopic (exact) mass is 523 g/mol. The molecule has 0 aromatic heterocycles. The quantitative estimate of drug-likeness (QED) is 0.281. The van der Waals surface area contributed by atoms with Gasteiger partial charge in [0.05, 0.1) is 30.9 Å². The first kappa shape index (κ1) is 24.7. The van der Waals surface area contributed by atoms with Gasteiger partial charge in [-0.3, -0.25) is 4.90 Å². The Labute approximate surface area is 217 Å². The molecule has 2 atom stereocenters. The highest BCUT2D eigenvalue weighted by atomic mass is 19.4. The van der Waals surface area contributed by atoms with Crippen molar-refractivity contribution in [3.63, 3.8) is 0 Å². The number of morpholine rings is 1. The summed E-state index contributed by atoms with van der Waals surface area (Å²) < 4.78 is 64.9. The number of halogens is 4. The average Bonchev–Trinajstić information content (AvgIpc) is 3.19. The minimum absolute atomic E-state index is 0.0610. The molecule has 2 unspecified atom stereocenters. The van der Waals surface area contributed by atoms with Crippen molar-refractivity contribution in [1.29, 1.82) is 0 Å². The Morgan fingerprint density at radius 2 is 1.66 bits per heavy atom. The van der Waals surface area contributed by atoms with Crippen LogP contribution in [0.15, 0.2) is 78.4 Å². The number of benzene rings is 3. The molecule has 38 heavy (non-hydrogen) atoms. The molecule has 0 saturated carbocycles. The third-order valence-electron chi connectivity index (χ3n) is 7.54. The van der Waals surface area contributed by atoms with Gasteiger partial charge in [0, 0.05) is 5.92 Å². The third-order valence-corrected chi connectivity index (χ3v) is 7.54. The van der Waals surface area contributed by atoms with Crippen molar-refractivity contribution < 1.29 is 31.8 Å². The van der Waals surface area contributed by atoms with Crippen LogP contribution < -0.4 is 0 Å². The molecule has 1 saturated heterocycles. The van der Waals surface area contributed by atoms with Gasteiger partial charge in [0.1, 0.15) is 12.4 Å². The molecular formula is C30H25F4NO3. The lowest BCUT2D eigenvalue weighted by Crippen LogP contribution is -2.56. The molecule has 6 rings (SSSR count). The maximum atomic E-state index is 13.9. The van der Waals surface area contributed by atoms with E-state index in [4.69, 9.17) is 9.47 Å². The van der Waals surface area contributed by atoms with Gasteiger partial charge in [0.25, 0.3) is 0 Å². The number of alkyl halides is 3. The van der Waals surface area contributed by atoms with Crippen molar-refractivity contribution in [3.8, 4) is 11.1 Å². The van der Waals surface area contributed by atoms with E-state index in [1.54, 1.807) is 4.90 Å². The molecular weight excluding hydrogens is 498 g/mol. The predicted octanol–water partition coefficient (Wildman–Crippen LogP) is 6.74. The van der Waals surface area contributed by atoms with Gasteiger partial charge in [-0.15, -0.1) is 0 Å². The van der Waals surface area contributed by atoms with Crippen LogP contribution in [0.2, 0.25) is 0 Å². The summed E-state index contributed by atoms with van der Waals surface area (Å²) >= 11 is 0. The maximum Gasteiger partial charge on any atom is 0.416 e. The minimum Gasteiger partial charge on any atom is -0.448 e. The van der Waals surface area contributed by atoms with Gasteiger partial charge in [0.15, 0.2) is 0 Å². The van der Waals surface area contributed by atoms with E-state index in [2.05, 4.69) is 24.3 Å². The number of ether oxygens (including phenoxy) is 2. The number of hydrogen-bond acceptors (Lipinski definition) is 3. The van der Waals surface area contributed by atoms with Gasteiger partial charge in [-0.1, -0.05) is 60.2 Å². The number of rotatable bonds is 4. The molecule has 8 heteroatoms. The molecule has 2 heterocycles. The molecule has 3 aromatic carbocycles. The first-order chi connectivity index (χ1) is 18.3. The number of carbonyl (C=O) groups excluding carboxylic acids is 1. The van der Waals surface area contributed by atoms with E-state index in [1.165, 1.54) is 0 Å². The minimum atomic E-state index is -4.62. The summed E-state index contributed by atoms with van der Waals surface area (Å²) in [4.78, 5) is 15.0. The van der Waals surface area contributed by atoms with E-state index in [1.807, 2.05) is 30.3 Å². The molecule has 2 aliphatic heterocycles. The molecule has 0 radical (unpaired) electrons. The summed E-state index contributed by atoms with van der Waals surface area (Å²) in [5, 5.41) is 0. The number of nitrogens with zero attached hydrogens (tertiary/aromatic N) is 1. The molecule has 3 aliphatic rings. The highest BCUT2D eigenvalue weighted by molar-refractivity contribution is 5.79. The smallest absolute Gasteiger partial charge is 0.416 e. The van der Waals surface area contributed by atoms with Crippen molar-refractivity contribution in [3.05, 3.63) is 106 Å². The Morgan fingerprint density at radius 3 is 2.32 bits per heavy atom. The van der Waals surface area contributed by atoms with Crippen LogP contribution in [-0.4, -0.2) is 42.9 Å². The molecule has 1 aliphatic carbocycles. The Balaban J connectivity index is 1.18. The second kappa shape index (κ2) is 9.58. The number of carbonyl (C=O) groups is 1. The van der Waals surface area contributed by atoms with Gasteiger partial charge in [-0.25, -0.2) is 9.18 Å². The first-order valence-electron chi connectivity index (χ1n) is 12.5. The molecule has 1 fully saturated rings. The first-order valence-corrected chi connectivity index (χ1v) is 12.5. The summed E-state index contributed by atoms with van der Waals surface area (Å²) in [5.74, 6) is -0.982. The van der Waals surface area contributed by atoms with Gasteiger partial charge in [-0.05, 0) is 58.9 Å². The molecule has 196 valence electrons. The van der Waals surface area contributed by atoms with Crippen molar-refractivity contribution in [1.82, 2.24) is 4.90 Å². The second-order valence-electron chi connectivity index (χ2n) is 10.0. The third kappa shape index (κ3) is 4.58. The number of amides is 1. The van der Waals surface area contributed by atoms with E-state index in [-0.39, 0.29) is 37.2 Å². The second-order valence-corrected chi connectivity index (χ2v) is 10.0. The Bertz CT molecular complexity index is 1370. The number of fused-ring (bicyclic) bond motifs is 5. The Kier molecular flexibility index (Phi) is 6.22. The molecule has 1 amide bonds. The van der Waals surface area contributed by atoms with Crippen molar-refractivity contribution >= 4 is 6.09 Å². The summed E-state index contributed by atoms with van der Waals surface area (Å²) in [6, 6.07) is 18.1. The van der Waals surface area contributed by atoms with Crippen LogP contribution in [0, 0.1) is 5.82 Å². The normalized spacial score (nSPS) is 20.5. The lowest BCUT2D eigenvalue weighted by molar-refractivity contribution is -0.137. The molecule has 2 bridgehead atoms. The van der Waals surface area contributed by atoms with Crippen LogP contribution in [0.4, 0.5) is 22.4 Å². The van der Waals surface area contributed by atoms with Gasteiger partial charge < -0.3 is 9.47 Å². The van der Waals surface area contributed by atoms with E-state index < -0.39 is 29.7 Å². The van der Waals surface area contributed by atoms with Crippen LogP contribution in [-0.2, 0) is 22.1 Å². The van der Waals surface area contributed by atoms with E-state index in [0.717, 1.165) is 40.0 Å². The van der Waals surface area contributed by atoms with Gasteiger partial charge in [-0.2, -0.15) is 13.2 Å². The fourth-order valence-electron chi connectivity index (χ4n) is 5.95. The zero-order valence-electron chi connectivity index (χ0n) is 20.4. The van der Waals surface area contributed by atoms with E-state index in [9.17, 15) is 22.4 Å². The standard InChI is InChI=1S/C30H25F4NO3/c31-21-11-18(10-20(14-21)30(32,33)34)9-19-12-22-15-37-16-23(13-19)35(22)29(36)38-17-28-26-7-3-1-5-24(26)25-6-2-4-8-27(25)28/h1-8,10-12,14,22-23,28H,9,13,15-17H2. The molecule has 3 aromatic rings. The highest BCUT2D eigenvalue weighted by Crippen LogP contribution is 2.44. The van der Waals surface area contributed by atoms with Crippen molar-refractivity contribution in [2.75, 3.05) is 19.8 Å². The number of hydrogen-bond donors (Lipinski definition) is 0. The Morgan fingerprint density at radius 1 is 0.974 bits per heavy atom. The lowest BCUT2D eigenvalue weighted by Gasteiger charge is -2.44. The van der Waals surface area contributed by atoms with E-state index >= 15 is 0 Å². The Hall–Kier alpha value is -3.65. The van der Waals surface area contributed by atoms with Crippen LogP contribution in [0.25, 0.3) is 11.1 Å². The fourth-order valence-corrected chi connectivity index (χ4v) is 5.95. The largest absolute Gasteiger partial charge is 0.448 e. The maximum absolute atomic E-state index is 13.9. The molecule has 0 spiro atoms.